The molecule has 7 heteroatoms. The van der Waals surface area contributed by atoms with Crippen molar-refractivity contribution in [2.75, 3.05) is 11.9 Å². The summed E-state index contributed by atoms with van der Waals surface area (Å²) < 4.78 is 42.1. The van der Waals surface area contributed by atoms with E-state index in [4.69, 9.17) is 0 Å². The average Bonchev–Trinajstić information content (AvgIpc) is 3.22. The SMILES string of the molecule is C[C@@H](C(=O)Nc1ccc(F)c(F)c1F)N1CCC[C@@H]1c1cccn1C. The summed E-state index contributed by atoms with van der Waals surface area (Å²) >= 11 is 0. The zero-order valence-corrected chi connectivity index (χ0v) is 14.1. The lowest BCUT2D eigenvalue weighted by Gasteiger charge is -2.30. The highest BCUT2D eigenvalue weighted by Crippen LogP contribution is 2.34. The Balaban J connectivity index is 1.76. The predicted octanol–water partition coefficient (Wildman–Crippen LogP) is 3.61. The van der Waals surface area contributed by atoms with E-state index in [9.17, 15) is 18.0 Å². The van der Waals surface area contributed by atoms with E-state index in [-0.39, 0.29) is 11.7 Å². The zero-order chi connectivity index (χ0) is 18.1. The Labute approximate surface area is 144 Å². The minimum absolute atomic E-state index is 0.0931. The van der Waals surface area contributed by atoms with E-state index in [1.807, 2.05) is 34.8 Å². The number of carbonyl (C=O) groups excluding carboxylic acids is 1. The molecule has 0 radical (unpaired) electrons. The number of hydrogen-bond acceptors (Lipinski definition) is 2. The normalized spacial score (nSPS) is 19.2. The van der Waals surface area contributed by atoms with E-state index in [1.54, 1.807) is 6.92 Å². The summed E-state index contributed by atoms with van der Waals surface area (Å²) in [6, 6.07) is 5.35. The molecule has 0 aliphatic carbocycles. The van der Waals surface area contributed by atoms with Gasteiger partial charge in [-0.25, -0.2) is 13.2 Å². The van der Waals surface area contributed by atoms with Crippen LogP contribution in [0.25, 0.3) is 0 Å². The fraction of sp³-hybridized carbons (Fsp3) is 0.389. The number of likely N-dealkylation sites (tertiary alicyclic amines) is 1. The van der Waals surface area contributed by atoms with Crippen molar-refractivity contribution in [1.82, 2.24) is 9.47 Å². The van der Waals surface area contributed by atoms with Crippen LogP contribution in [0.4, 0.5) is 18.9 Å². The fourth-order valence-electron chi connectivity index (χ4n) is 3.40. The van der Waals surface area contributed by atoms with Crippen LogP contribution in [-0.2, 0) is 11.8 Å². The molecule has 1 aliphatic rings. The van der Waals surface area contributed by atoms with Gasteiger partial charge in [-0.2, -0.15) is 0 Å². The predicted molar refractivity (Wildman–Crippen MR) is 88.5 cm³/mol. The third kappa shape index (κ3) is 3.28. The van der Waals surface area contributed by atoms with Gasteiger partial charge in [0.15, 0.2) is 17.5 Å². The topological polar surface area (TPSA) is 37.3 Å². The summed E-state index contributed by atoms with van der Waals surface area (Å²) in [6.07, 6.45) is 3.83. The molecule has 0 unspecified atom stereocenters. The molecule has 2 atom stereocenters. The number of halogens is 3. The maximum atomic E-state index is 13.8. The molecule has 4 nitrogen and oxygen atoms in total. The zero-order valence-electron chi connectivity index (χ0n) is 14.1. The number of nitrogens with zero attached hydrogens (tertiary/aromatic N) is 2. The van der Waals surface area contributed by atoms with Crippen LogP contribution >= 0.6 is 0 Å². The smallest absolute Gasteiger partial charge is 0.241 e. The first kappa shape index (κ1) is 17.5. The van der Waals surface area contributed by atoms with E-state index in [0.717, 1.165) is 37.2 Å². The number of aromatic nitrogens is 1. The molecule has 0 spiro atoms. The first-order valence-electron chi connectivity index (χ1n) is 8.21. The standard InChI is InChI=1S/C18H20F3N3O/c1-11(18(25)22-13-8-7-12(19)16(20)17(13)21)24-10-4-6-15(24)14-5-3-9-23(14)2/h3,5,7-9,11,15H,4,6,10H2,1-2H3,(H,22,25)/t11-,15+/m0/s1. The van der Waals surface area contributed by atoms with Gasteiger partial charge in [0.1, 0.15) is 0 Å². The number of benzene rings is 1. The second-order valence-corrected chi connectivity index (χ2v) is 6.33. The molecule has 1 saturated heterocycles. The minimum Gasteiger partial charge on any atom is -0.353 e. The first-order valence-corrected chi connectivity index (χ1v) is 8.21. The number of carbonyl (C=O) groups is 1. The Hall–Kier alpha value is -2.28. The van der Waals surface area contributed by atoms with E-state index in [1.165, 1.54) is 0 Å². The molecule has 1 aromatic heterocycles. The number of hydrogen-bond donors (Lipinski definition) is 1. The Morgan fingerprint density at radius 3 is 2.68 bits per heavy atom. The second kappa shape index (κ2) is 6.92. The molecule has 1 fully saturated rings. The third-order valence-electron chi connectivity index (χ3n) is 4.79. The van der Waals surface area contributed by atoms with Crippen molar-refractivity contribution in [3.8, 4) is 0 Å². The summed E-state index contributed by atoms with van der Waals surface area (Å²) in [6.45, 7) is 2.47. The van der Waals surface area contributed by atoms with Crippen molar-refractivity contribution < 1.29 is 18.0 Å². The lowest BCUT2D eigenvalue weighted by Crippen LogP contribution is -2.42. The van der Waals surface area contributed by atoms with Crippen molar-refractivity contribution >= 4 is 11.6 Å². The molecular formula is C18H20F3N3O. The van der Waals surface area contributed by atoms with Crippen LogP contribution < -0.4 is 5.32 Å². The van der Waals surface area contributed by atoms with Gasteiger partial charge in [-0.15, -0.1) is 0 Å². The molecule has 1 N–H and O–H groups in total. The van der Waals surface area contributed by atoms with Gasteiger partial charge in [-0.05, 0) is 50.6 Å². The van der Waals surface area contributed by atoms with Crippen molar-refractivity contribution in [2.45, 2.75) is 31.8 Å². The number of anilines is 1. The van der Waals surface area contributed by atoms with Gasteiger partial charge >= 0.3 is 0 Å². The molecule has 1 amide bonds. The van der Waals surface area contributed by atoms with E-state index in [2.05, 4.69) is 5.32 Å². The van der Waals surface area contributed by atoms with Gasteiger partial charge < -0.3 is 9.88 Å². The number of rotatable bonds is 4. The van der Waals surface area contributed by atoms with Crippen LogP contribution in [0.5, 0.6) is 0 Å². The maximum absolute atomic E-state index is 13.8. The highest BCUT2D eigenvalue weighted by molar-refractivity contribution is 5.94. The van der Waals surface area contributed by atoms with E-state index >= 15 is 0 Å². The fourth-order valence-corrected chi connectivity index (χ4v) is 3.40. The molecule has 1 aliphatic heterocycles. The van der Waals surface area contributed by atoms with Crippen LogP contribution in [0.1, 0.15) is 31.5 Å². The van der Waals surface area contributed by atoms with Crippen LogP contribution in [0.2, 0.25) is 0 Å². The molecule has 134 valence electrons. The molecule has 3 rings (SSSR count). The Bertz CT molecular complexity index is 790. The van der Waals surface area contributed by atoms with Gasteiger partial charge in [0.05, 0.1) is 17.8 Å². The van der Waals surface area contributed by atoms with Gasteiger partial charge in [-0.1, -0.05) is 0 Å². The first-order chi connectivity index (χ1) is 11.9. The summed E-state index contributed by atoms with van der Waals surface area (Å²) in [7, 11) is 1.95. The molecule has 1 aromatic carbocycles. The van der Waals surface area contributed by atoms with Gasteiger partial charge in [-0.3, -0.25) is 9.69 Å². The molecule has 0 bridgehead atoms. The highest BCUT2D eigenvalue weighted by Gasteiger charge is 2.34. The van der Waals surface area contributed by atoms with Gasteiger partial charge in [0.25, 0.3) is 0 Å². The number of amides is 1. The van der Waals surface area contributed by atoms with E-state index in [0.29, 0.717) is 0 Å². The minimum atomic E-state index is -1.59. The van der Waals surface area contributed by atoms with Crippen molar-refractivity contribution in [1.29, 1.82) is 0 Å². The van der Waals surface area contributed by atoms with Crippen molar-refractivity contribution in [3.63, 3.8) is 0 Å². The van der Waals surface area contributed by atoms with Crippen LogP contribution in [0.15, 0.2) is 30.5 Å². The summed E-state index contributed by atoms with van der Waals surface area (Å²) in [5.41, 5.74) is 0.751. The van der Waals surface area contributed by atoms with E-state index < -0.39 is 29.4 Å². The largest absolute Gasteiger partial charge is 0.353 e. The van der Waals surface area contributed by atoms with Crippen molar-refractivity contribution in [3.05, 3.63) is 53.6 Å². The quantitative estimate of drug-likeness (QED) is 0.855. The van der Waals surface area contributed by atoms with Crippen LogP contribution in [0.3, 0.4) is 0 Å². The number of aryl methyl sites for hydroxylation is 1. The Morgan fingerprint density at radius 1 is 1.24 bits per heavy atom. The van der Waals surface area contributed by atoms with Crippen LogP contribution in [-0.4, -0.2) is 28.0 Å². The summed E-state index contributed by atoms with van der Waals surface area (Å²) in [5, 5.41) is 2.37. The van der Waals surface area contributed by atoms with Crippen LogP contribution in [0, 0.1) is 17.5 Å². The lowest BCUT2D eigenvalue weighted by atomic mass is 10.1. The molecule has 25 heavy (non-hydrogen) atoms. The highest BCUT2D eigenvalue weighted by atomic mass is 19.2. The Morgan fingerprint density at radius 2 is 2.00 bits per heavy atom. The molecular weight excluding hydrogens is 331 g/mol. The molecule has 2 aromatic rings. The third-order valence-corrected chi connectivity index (χ3v) is 4.79. The molecule has 0 saturated carbocycles. The second-order valence-electron chi connectivity index (χ2n) is 6.33. The summed E-state index contributed by atoms with van der Waals surface area (Å²) in [5.74, 6) is -4.72. The monoisotopic (exact) mass is 351 g/mol. The van der Waals surface area contributed by atoms with Gasteiger partial charge in [0.2, 0.25) is 5.91 Å². The van der Waals surface area contributed by atoms with Crippen molar-refractivity contribution in [2.24, 2.45) is 7.05 Å². The van der Waals surface area contributed by atoms with Gasteiger partial charge in [0, 0.05) is 18.9 Å². The number of nitrogens with one attached hydrogen (secondary N) is 1. The average molecular weight is 351 g/mol. The lowest BCUT2D eigenvalue weighted by molar-refractivity contribution is -0.121. The summed E-state index contributed by atoms with van der Waals surface area (Å²) in [4.78, 5) is 14.5. The molecule has 2 heterocycles. The maximum Gasteiger partial charge on any atom is 0.241 e. The Kier molecular flexibility index (Phi) is 4.85.